The molecule has 0 radical (unpaired) electrons. The Labute approximate surface area is 27.1 Å². The van der Waals surface area contributed by atoms with E-state index < -0.39 is 9.07 Å². The van der Waals surface area contributed by atoms with Crippen LogP contribution in [0.1, 0.15) is 0 Å². The minimum Gasteiger partial charge on any atom is -0.377 e. The molecule has 0 bridgehead atoms. The molecule has 0 aliphatic heterocycles. The first-order valence-electron chi connectivity index (χ1n) is 0.676. The van der Waals surface area contributed by atoms with Gasteiger partial charge in [0.1, 0.15) is 0 Å². The Bertz CT molecular complexity index is 27.0. The second-order valence-electron chi connectivity index (χ2n) is 0.211. The average Bonchev–Trinajstić information content (AvgIpc) is 1.37. The standard InChI is InChI=1S/HO2PSi/c1-3-4-2/h4H. The SMILES string of the molecule is O=[SiH]P=O. The van der Waals surface area contributed by atoms with Crippen LogP contribution in [0.5, 0.6) is 0 Å². The van der Waals surface area contributed by atoms with Gasteiger partial charge in [-0.3, -0.25) is 4.57 Å². The van der Waals surface area contributed by atoms with Crippen LogP contribution in [0, 0.1) is 0 Å². The van der Waals surface area contributed by atoms with Crippen molar-refractivity contribution in [2.24, 2.45) is 0 Å². The molecule has 22 valence electrons. The van der Waals surface area contributed by atoms with E-state index in [9.17, 15) is 0 Å². The average molecular weight is 92.1 g/mol. The van der Waals surface area contributed by atoms with E-state index in [-0.39, 0.29) is 8.01 Å². The van der Waals surface area contributed by atoms with E-state index in [1.54, 1.807) is 0 Å². The summed E-state index contributed by atoms with van der Waals surface area (Å²) in [5.41, 5.74) is 0. The van der Waals surface area contributed by atoms with Gasteiger partial charge >= 0.3 is 9.07 Å². The molecule has 0 aliphatic carbocycles. The normalized spacial score (nSPS) is 7.00. The van der Waals surface area contributed by atoms with Crippen LogP contribution in [-0.4, -0.2) is 9.07 Å². The molecule has 0 saturated heterocycles. The van der Waals surface area contributed by atoms with Crippen molar-refractivity contribution in [2.45, 2.75) is 0 Å². The van der Waals surface area contributed by atoms with Crippen LogP contribution >= 0.6 is 8.01 Å². The highest BCUT2D eigenvalue weighted by Gasteiger charge is 1.55. The Kier molecular flexibility index (Phi) is 3.21. The Morgan fingerprint density at radius 3 is 2.00 bits per heavy atom. The molecule has 2 nitrogen and oxygen atoms in total. The smallest absolute Gasteiger partial charge is 0.368 e. The van der Waals surface area contributed by atoms with Crippen LogP contribution in [0.3, 0.4) is 0 Å². The van der Waals surface area contributed by atoms with Crippen LogP contribution < -0.4 is 0 Å². The van der Waals surface area contributed by atoms with Crippen LogP contribution in [0.2, 0.25) is 0 Å². The molecule has 4 heavy (non-hydrogen) atoms. The molecule has 0 unspecified atom stereocenters. The highest BCUT2D eigenvalue weighted by molar-refractivity contribution is 7.57. The molecular weight excluding hydrogens is 91.1 g/mol. The molecule has 0 aliphatic rings. The van der Waals surface area contributed by atoms with E-state index in [4.69, 9.17) is 9.03 Å². The molecule has 0 aromatic rings. The molecule has 0 rings (SSSR count). The summed E-state index contributed by atoms with van der Waals surface area (Å²) in [5, 5.41) is 0. The molecular formula is HO2PSi. The van der Waals surface area contributed by atoms with Gasteiger partial charge in [-0.2, -0.15) is 0 Å². The van der Waals surface area contributed by atoms with Crippen molar-refractivity contribution in [3.8, 4) is 0 Å². The second-order valence-corrected chi connectivity index (χ2v) is 1.90. The van der Waals surface area contributed by atoms with Gasteiger partial charge in [0.15, 0.2) is 8.01 Å². The predicted octanol–water partition coefficient (Wildman–Crippen LogP) is -0.0249. The fourth-order valence-corrected chi connectivity index (χ4v) is 0. The molecule has 0 N–H and O–H groups in total. The van der Waals surface area contributed by atoms with Crippen molar-refractivity contribution in [3.05, 3.63) is 0 Å². The Morgan fingerprint density at radius 1 is 1.75 bits per heavy atom. The monoisotopic (exact) mass is 91.9 g/mol. The van der Waals surface area contributed by atoms with Crippen LogP contribution in [0.15, 0.2) is 0 Å². The maximum absolute atomic E-state index is 9.06. The highest BCUT2D eigenvalue weighted by Crippen LogP contribution is 1.69. The fourth-order valence-electron chi connectivity index (χ4n) is 0. The molecule has 4 heteroatoms. The van der Waals surface area contributed by atoms with Gasteiger partial charge in [-0.1, -0.05) is 0 Å². The molecule has 0 aromatic heterocycles. The molecule has 0 heterocycles. The van der Waals surface area contributed by atoms with Gasteiger partial charge in [-0.05, 0) is 0 Å². The van der Waals surface area contributed by atoms with Crippen LogP contribution in [0.25, 0.3) is 0 Å². The quantitative estimate of drug-likeness (QED) is 0.336. The lowest BCUT2D eigenvalue weighted by molar-refractivity contribution is 0.577. The van der Waals surface area contributed by atoms with Crippen molar-refractivity contribution in [3.63, 3.8) is 0 Å². The van der Waals surface area contributed by atoms with Gasteiger partial charge in [0.05, 0.1) is 0 Å². The van der Waals surface area contributed by atoms with E-state index in [0.29, 0.717) is 0 Å². The van der Waals surface area contributed by atoms with Crippen molar-refractivity contribution in [2.75, 3.05) is 0 Å². The highest BCUT2D eigenvalue weighted by atomic mass is 31.3. The van der Waals surface area contributed by atoms with E-state index in [0.717, 1.165) is 0 Å². The summed E-state index contributed by atoms with van der Waals surface area (Å²) in [7, 11) is -1.27. The maximum atomic E-state index is 9.06. The minimum absolute atomic E-state index is 0.224. The Hall–Kier alpha value is 0.117. The van der Waals surface area contributed by atoms with Crippen LogP contribution in [-0.2, 0) is 9.03 Å². The Balaban J connectivity index is 2.73. The number of hydrogen-bond donors (Lipinski definition) is 0. The maximum Gasteiger partial charge on any atom is 0.368 e. The van der Waals surface area contributed by atoms with Gasteiger partial charge in [0.25, 0.3) is 0 Å². The third-order valence-electron chi connectivity index (χ3n) is 0.0430. The zero-order chi connectivity index (χ0) is 3.41. The van der Waals surface area contributed by atoms with Gasteiger partial charge < -0.3 is 4.46 Å². The van der Waals surface area contributed by atoms with Crippen LogP contribution in [0.4, 0.5) is 0 Å². The zero-order valence-electron chi connectivity index (χ0n) is 1.84. The zero-order valence-corrected chi connectivity index (χ0v) is 3.89. The van der Waals surface area contributed by atoms with Gasteiger partial charge in [-0.15, -0.1) is 0 Å². The topological polar surface area (TPSA) is 34.1 Å². The summed E-state index contributed by atoms with van der Waals surface area (Å²) in [5.74, 6) is 0. The van der Waals surface area contributed by atoms with Gasteiger partial charge in [0.2, 0.25) is 0 Å². The summed E-state index contributed by atoms with van der Waals surface area (Å²) in [6.45, 7) is 0. The van der Waals surface area contributed by atoms with Crippen molar-refractivity contribution in [1.82, 2.24) is 0 Å². The van der Waals surface area contributed by atoms with Gasteiger partial charge in [0, 0.05) is 0 Å². The van der Waals surface area contributed by atoms with E-state index in [2.05, 4.69) is 0 Å². The van der Waals surface area contributed by atoms with Crippen molar-refractivity contribution in [1.29, 1.82) is 0 Å². The lowest BCUT2D eigenvalue weighted by Gasteiger charge is -1.26. The summed E-state index contributed by atoms with van der Waals surface area (Å²) < 4.78 is 18.1. The lowest BCUT2D eigenvalue weighted by atomic mass is 16.0. The number of hydrogen-bond acceptors (Lipinski definition) is 2. The first-order valence-corrected chi connectivity index (χ1v) is 3.58. The third kappa shape index (κ3) is 2.12. The first kappa shape index (κ1) is 4.12. The van der Waals surface area contributed by atoms with Crippen molar-refractivity contribution < 1.29 is 9.03 Å². The molecule has 0 aromatic carbocycles. The fraction of sp³-hybridized carbons (Fsp3) is 0. The summed E-state index contributed by atoms with van der Waals surface area (Å²) in [6.07, 6.45) is 0. The van der Waals surface area contributed by atoms with Crippen molar-refractivity contribution >= 4 is 17.1 Å². The molecule has 0 spiro atoms. The second kappa shape index (κ2) is 3.12. The third-order valence-corrected chi connectivity index (χ3v) is 0.387. The van der Waals surface area contributed by atoms with Gasteiger partial charge in [-0.25, -0.2) is 0 Å². The van der Waals surface area contributed by atoms with E-state index >= 15 is 0 Å². The molecule has 0 atom stereocenters. The number of rotatable bonds is 1. The first-order chi connectivity index (χ1) is 1.91. The van der Waals surface area contributed by atoms with E-state index in [1.165, 1.54) is 0 Å². The summed E-state index contributed by atoms with van der Waals surface area (Å²) >= 11 is 0. The molecule has 0 saturated carbocycles. The Morgan fingerprint density at radius 2 is 2.00 bits per heavy atom. The summed E-state index contributed by atoms with van der Waals surface area (Å²) in [4.78, 5) is 0. The minimum atomic E-state index is -1.05. The largest absolute Gasteiger partial charge is 0.377 e. The molecule has 0 amide bonds. The summed E-state index contributed by atoms with van der Waals surface area (Å²) in [6, 6.07) is 0. The van der Waals surface area contributed by atoms with E-state index in [1.807, 2.05) is 0 Å². The predicted molar refractivity (Wildman–Crippen MR) is 15.4 cm³/mol. The molecule has 0 fully saturated rings. The lowest BCUT2D eigenvalue weighted by Crippen LogP contribution is -1.34.